The summed E-state index contributed by atoms with van der Waals surface area (Å²) in [5.74, 6) is -0.0628. The summed E-state index contributed by atoms with van der Waals surface area (Å²) in [6, 6.07) is 0.111. The minimum absolute atomic E-state index is 0.0674. The maximum atomic E-state index is 12.2. The number of carbonyl (C=O) groups excluding carboxylic acids is 2. The lowest BCUT2D eigenvalue weighted by Gasteiger charge is -2.42. The topological polar surface area (TPSA) is 66.6 Å². The maximum absolute atomic E-state index is 12.2. The van der Waals surface area contributed by atoms with Crippen LogP contribution in [0.4, 0.5) is 0 Å². The number of amides is 2. The van der Waals surface area contributed by atoms with Gasteiger partial charge in [0.25, 0.3) is 11.8 Å². The SMILES string of the molecule is CCN1C=C(C(N)=O)C(=O)N2C1=CCCC2C. The van der Waals surface area contributed by atoms with Crippen LogP contribution in [0.25, 0.3) is 0 Å². The van der Waals surface area contributed by atoms with Crippen molar-refractivity contribution in [3.63, 3.8) is 0 Å². The zero-order valence-corrected chi connectivity index (χ0v) is 10.1. The Kier molecular flexibility index (Phi) is 2.92. The van der Waals surface area contributed by atoms with Gasteiger partial charge in [0.05, 0.1) is 0 Å². The van der Waals surface area contributed by atoms with Gasteiger partial charge in [-0.1, -0.05) is 0 Å². The molecule has 2 N–H and O–H groups in total. The monoisotopic (exact) mass is 235 g/mol. The molecule has 5 heteroatoms. The lowest BCUT2D eigenvalue weighted by Crippen LogP contribution is -2.50. The Morgan fingerprint density at radius 1 is 1.59 bits per heavy atom. The van der Waals surface area contributed by atoms with Crippen LogP contribution in [-0.2, 0) is 9.59 Å². The number of nitrogens with zero attached hydrogens (tertiary/aromatic N) is 2. The zero-order valence-electron chi connectivity index (χ0n) is 10.1. The summed E-state index contributed by atoms with van der Waals surface area (Å²) in [5, 5.41) is 0. The van der Waals surface area contributed by atoms with Crippen molar-refractivity contribution in [3.05, 3.63) is 23.7 Å². The number of primary amides is 1. The Morgan fingerprint density at radius 2 is 2.29 bits per heavy atom. The molecule has 92 valence electrons. The highest BCUT2D eigenvalue weighted by Crippen LogP contribution is 2.29. The van der Waals surface area contributed by atoms with Crippen LogP contribution in [-0.4, -0.2) is 34.2 Å². The number of hydrogen-bond acceptors (Lipinski definition) is 3. The molecule has 5 nitrogen and oxygen atoms in total. The highest BCUT2D eigenvalue weighted by Gasteiger charge is 2.36. The van der Waals surface area contributed by atoms with Gasteiger partial charge in [0.2, 0.25) is 0 Å². The number of fused-ring (bicyclic) bond motifs is 1. The molecule has 0 aromatic heterocycles. The lowest BCUT2D eigenvalue weighted by molar-refractivity contribution is -0.132. The minimum Gasteiger partial charge on any atom is -0.365 e. The van der Waals surface area contributed by atoms with Crippen molar-refractivity contribution >= 4 is 11.8 Å². The van der Waals surface area contributed by atoms with Gasteiger partial charge in [0.1, 0.15) is 11.4 Å². The van der Waals surface area contributed by atoms with E-state index in [4.69, 9.17) is 5.73 Å². The van der Waals surface area contributed by atoms with Gasteiger partial charge in [-0.05, 0) is 32.8 Å². The van der Waals surface area contributed by atoms with Crippen LogP contribution in [0.15, 0.2) is 23.7 Å². The average molecular weight is 235 g/mol. The van der Waals surface area contributed by atoms with Gasteiger partial charge in [-0.3, -0.25) is 14.5 Å². The highest BCUT2D eigenvalue weighted by atomic mass is 16.2. The van der Waals surface area contributed by atoms with E-state index in [1.165, 1.54) is 0 Å². The lowest BCUT2D eigenvalue weighted by atomic mass is 10.0. The molecule has 2 heterocycles. The van der Waals surface area contributed by atoms with Gasteiger partial charge in [0, 0.05) is 18.8 Å². The van der Waals surface area contributed by atoms with Crippen molar-refractivity contribution in [1.29, 1.82) is 0 Å². The zero-order chi connectivity index (χ0) is 12.6. The quantitative estimate of drug-likeness (QED) is 0.710. The molecule has 1 unspecified atom stereocenters. The van der Waals surface area contributed by atoms with E-state index in [0.717, 1.165) is 18.7 Å². The van der Waals surface area contributed by atoms with E-state index >= 15 is 0 Å². The normalized spacial score (nSPS) is 24.1. The highest BCUT2D eigenvalue weighted by molar-refractivity contribution is 6.18. The molecule has 0 saturated carbocycles. The summed E-state index contributed by atoms with van der Waals surface area (Å²) in [7, 11) is 0. The van der Waals surface area contributed by atoms with Crippen molar-refractivity contribution in [3.8, 4) is 0 Å². The molecule has 2 amide bonds. The third kappa shape index (κ3) is 1.81. The number of carbonyl (C=O) groups is 2. The fourth-order valence-corrected chi connectivity index (χ4v) is 2.30. The summed E-state index contributed by atoms with van der Waals surface area (Å²) in [4.78, 5) is 27.0. The summed E-state index contributed by atoms with van der Waals surface area (Å²) < 4.78 is 0. The molecule has 0 spiro atoms. The molecule has 0 bridgehead atoms. The van der Waals surface area contributed by atoms with E-state index in [1.54, 1.807) is 11.1 Å². The average Bonchev–Trinajstić information content (AvgIpc) is 2.29. The molecule has 2 aliphatic heterocycles. The smallest absolute Gasteiger partial charge is 0.266 e. The third-order valence-electron chi connectivity index (χ3n) is 3.23. The minimum atomic E-state index is -0.662. The Labute approximate surface area is 101 Å². The van der Waals surface area contributed by atoms with Crippen molar-refractivity contribution in [2.75, 3.05) is 6.54 Å². The second-order valence-electron chi connectivity index (χ2n) is 4.36. The van der Waals surface area contributed by atoms with Crippen molar-refractivity contribution in [2.24, 2.45) is 5.73 Å². The van der Waals surface area contributed by atoms with Gasteiger partial charge in [-0.2, -0.15) is 0 Å². The fourth-order valence-electron chi connectivity index (χ4n) is 2.30. The standard InChI is InChI=1S/C12H17N3O2/c1-3-14-7-9(11(13)16)12(17)15-8(2)5-4-6-10(14)15/h6-8H,3-5H2,1-2H3,(H2,13,16). The number of rotatable bonds is 2. The van der Waals surface area contributed by atoms with Gasteiger partial charge in [-0.15, -0.1) is 0 Å². The largest absolute Gasteiger partial charge is 0.365 e. The molecule has 1 atom stereocenters. The van der Waals surface area contributed by atoms with Gasteiger partial charge in [0.15, 0.2) is 0 Å². The first-order valence-electron chi connectivity index (χ1n) is 5.88. The maximum Gasteiger partial charge on any atom is 0.266 e. The fraction of sp³-hybridized carbons (Fsp3) is 0.500. The first-order valence-corrected chi connectivity index (χ1v) is 5.88. The molecular weight excluding hydrogens is 218 g/mol. The van der Waals surface area contributed by atoms with Crippen molar-refractivity contribution < 1.29 is 9.59 Å². The predicted molar refractivity (Wildman–Crippen MR) is 63.3 cm³/mol. The van der Waals surface area contributed by atoms with E-state index in [2.05, 4.69) is 0 Å². The summed E-state index contributed by atoms with van der Waals surface area (Å²) in [5.41, 5.74) is 5.31. The number of hydrogen-bond donors (Lipinski definition) is 1. The van der Waals surface area contributed by atoms with Gasteiger partial charge >= 0.3 is 0 Å². The van der Waals surface area contributed by atoms with Crippen molar-refractivity contribution in [1.82, 2.24) is 9.80 Å². The molecule has 0 fully saturated rings. The van der Waals surface area contributed by atoms with Gasteiger partial charge < -0.3 is 10.6 Å². The second-order valence-corrected chi connectivity index (χ2v) is 4.36. The van der Waals surface area contributed by atoms with E-state index in [-0.39, 0.29) is 17.5 Å². The molecule has 0 aliphatic carbocycles. The van der Waals surface area contributed by atoms with Crippen LogP contribution in [0, 0.1) is 0 Å². The number of nitrogens with two attached hydrogens (primary N) is 1. The van der Waals surface area contributed by atoms with E-state index < -0.39 is 5.91 Å². The third-order valence-corrected chi connectivity index (χ3v) is 3.23. The Balaban J connectivity index is 2.47. The molecule has 0 aromatic carbocycles. The molecule has 2 aliphatic rings. The van der Waals surface area contributed by atoms with Crippen LogP contribution in [0.5, 0.6) is 0 Å². The van der Waals surface area contributed by atoms with Crippen LogP contribution < -0.4 is 5.73 Å². The van der Waals surface area contributed by atoms with Crippen molar-refractivity contribution in [2.45, 2.75) is 32.7 Å². The first-order chi connectivity index (χ1) is 8.06. The van der Waals surface area contributed by atoms with Crippen LogP contribution in [0.3, 0.4) is 0 Å². The Morgan fingerprint density at radius 3 is 2.88 bits per heavy atom. The molecule has 17 heavy (non-hydrogen) atoms. The molecule has 0 radical (unpaired) electrons. The molecule has 0 saturated heterocycles. The molecule has 0 aromatic rings. The Hall–Kier alpha value is -1.78. The Bertz CT molecular complexity index is 425. The predicted octanol–water partition coefficient (Wildman–Crippen LogP) is 0.543. The summed E-state index contributed by atoms with van der Waals surface area (Å²) in [6.07, 6.45) is 5.47. The van der Waals surface area contributed by atoms with Gasteiger partial charge in [-0.25, -0.2) is 0 Å². The van der Waals surface area contributed by atoms with Crippen LogP contribution in [0.2, 0.25) is 0 Å². The first kappa shape index (κ1) is 11.7. The molecular formula is C12H17N3O2. The van der Waals surface area contributed by atoms with Crippen LogP contribution in [0.1, 0.15) is 26.7 Å². The van der Waals surface area contributed by atoms with E-state index in [9.17, 15) is 9.59 Å². The summed E-state index contributed by atoms with van der Waals surface area (Å²) >= 11 is 0. The van der Waals surface area contributed by atoms with E-state index in [1.807, 2.05) is 24.8 Å². The molecule has 2 rings (SSSR count). The second kappa shape index (κ2) is 4.24. The summed E-state index contributed by atoms with van der Waals surface area (Å²) in [6.45, 7) is 4.67. The van der Waals surface area contributed by atoms with E-state index in [0.29, 0.717) is 6.54 Å². The van der Waals surface area contributed by atoms with Crippen LogP contribution >= 0.6 is 0 Å². The number of allylic oxidation sites excluding steroid dienone is 1.